The Kier molecular flexibility index (Phi) is 3.99. The van der Waals surface area contributed by atoms with E-state index in [4.69, 9.17) is 4.42 Å². The van der Waals surface area contributed by atoms with Crippen molar-refractivity contribution in [1.82, 2.24) is 19.8 Å². The van der Waals surface area contributed by atoms with E-state index >= 15 is 0 Å². The molecule has 2 fully saturated rings. The van der Waals surface area contributed by atoms with Gasteiger partial charge in [-0.05, 0) is 24.5 Å². The van der Waals surface area contributed by atoms with Gasteiger partial charge < -0.3 is 14.2 Å². The molecule has 0 bridgehead atoms. The molecule has 0 aromatic carbocycles. The molecule has 4 rings (SSSR count). The van der Waals surface area contributed by atoms with E-state index < -0.39 is 0 Å². The maximum atomic E-state index is 12.4. The first-order chi connectivity index (χ1) is 12.2. The third-order valence-corrected chi connectivity index (χ3v) is 5.14. The number of hydrogen-bond acceptors (Lipinski definition) is 5. The van der Waals surface area contributed by atoms with Crippen LogP contribution < -0.4 is 0 Å². The molecule has 0 aliphatic carbocycles. The van der Waals surface area contributed by atoms with Crippen molar-refractivity contribution < 1.29 is 14.0 Å². The Labute approximate surface area is 145 Å². The van der Waals surface area contributed by atoms with Crippen LogP contribution in [0.1, 0.15) is 28.8 Å². The first kappa shape index (κ1) is 15.8. The lowest BCUT2D eigenvalue weighted by atomic mass is 9.79. The van der Waals surface area contributed by atoms with E-state index in [9.17, 15) is 9.59 Å². The van der Waals surface area contributed by atoms with E-state index in [0.717, 1.165) is 31.6 Å². The standard InChI is InChI=1S/C18H20N4O3/c23-16(2-1-14-7-19-13-20-8-14)22-11-18(12-22)4-5-21(10-18)17(24)15-3-6-25-9-15/h3,6-9,13H,1-2,4-5,10-12H2. The van der Waals surface area contributed by atoms with Crippen LogP contribution in [0.25, 0.3) is 0 Å². The second-order valence-electron chi connectivity index (χ2n) is 6.99. The highest BCUT2D eigenvalue weighted by Crippen LogP contribution is 2.40. The van der Waals surface area contributed by atoms with Gasteiger partial charge >= 0.3 is 0 Å². The molecule has 130 valence electrons. The van der Waals surface area contributed by atoms with Crippen LogP contribution in [0.5, 0.6) is 0 Å². The number of likely N-dealkylation sites (tertiary alicyclic amines) is 2. The minimum Gasteiger partial charge on any atom is -0.472 e. The SMILES string of the molecule is O=C(CCc1cncnc1)N1CC2(CCN(C(=O)c3ccoc3)C2)C1. The molecule has 2 aromatic heterocycles. The van der Waals surface area contributed by atoms with Crippen LogP contribution in [-0.2, 0) is 11.2 Å². The van der Waals surface area contributed by atoms with Crippen molar-refractivity contribution in [3.8, 4) is 0 Å². The quantitative estimate of drug-likeness (QED) is 0.840. The van der Waals surface area contributed by atoms with Gasteiger partial charge in [-0.3, -0.25) is 9.59 Å². The van der Waals surface area contributed by atoms with Gasteiger partial charge in [0.15, 0.2) is 0 Å². The fraction of sp³-hybridized carbons (Fsp3) is 0.444. The van der Waals surface area contributed by atoms with Gasteiger partial charge in [0.2, 0.25) is 5.91 Å². The Balaban J connectivity index is 1.27. The number of amides is 2. The minimum atomic E-state index is 0.0134. The molecule has 2 aliphatic heterocycles. The molecule has 2 saturated heterocycles. The van der Waals surface area contributed by atoms with E-state index in [1.165, 1.54) is 18.9 Å². The molecule has 0 radical (unpaired) electrons. The number of rotatable bonds is 4. The van der Waals surface area contributed by atoms with Crippen molar-refractivity contribution in [3.63, 3.8) is 0 Å². The predicted octanol–water partition coefficient (Wildman–Crippen LogP) is 1.38. The number of carbonyl (C=O) groups is 2. The van der Waals surface area contributed by atoms with Crippen molar-refractivity contribution in [2.75, 3.05) is 26.2 Å². The summed E-state index contributed by atoms with van der Waals surface area (Å²) in [4.78, 5) is 36.4. The second kappa shape index (κ2) is 6.31. The first-order valence-corrected chi connectivity index (χ1v) is 8.48. The summed E-state index contributed by atoms with van der Waals surface area (Å²) >= 11 is 0. The summed E-state index contributed by atoms with van der Waals surface area (Å²) in [6.07, 6.45) is 10.1. The van der Waals surface area contributed by atoms with E-state index in [0.29, 0.717) is 24.9 Å². The van der Waals surface area contributed by atoms with E-state index in [-0.39, 0.29) is 17.2 Å². The molecule has 2 aromatic rings. The van der Waals surface area contributed by atoms with Gasteiger partial charge in [0, 0.05) is 50.4 Å². The van der Waals surface area contributed by atoms with Crippen molar-refractivity contribution in [2.24, 2.45) is 5.41 Å². The maximum absolute atomic E-state index is 12.4. The van der Waals surface area contributed by atoms with E-state index in [1.807, 2.05) is 9.80 Å². The highest BCUT2D eigenvalue weighted by Gasteiger charge is 2.50. The molecule has 1 spiro atoms. The lowest BCUT2D eigenvalue weighted by Crippen LogP contribution is -2.59. The molecular formula is C18H20N4O3. The molecule has 2 aliphatic rings. The Morgan fingerprint density at radius 1 is 1.16 bits per heavy atom. The highest BCUT2D eigenvalue weighted by atomic mass is 16.3. The van der Waals surface area contributed by atoms with Crippen LogP contribution in [0, 0.1) is 5.41 Å². The number of nitrogens with zero attached hydrogens (tertiary/aromatic N) is 4. The molecule has 0 N–H and O–H groups in total. The summed E-state index contributed by atoms with van der Waals surface area (Å²) in [5.41, 5.74) is 1.64. The fourth-order valence-corrected chi connectivity index (χ4v) is 3.74. The average Bonchev–Trinajstić information content (AvgIpc) is 3.28. The molecule has 7 nitrogen and oxygen atoms in total. The number of furan rings is 1. The van der Waals surface area contributed by atoms with Crippen LogP contribution in [-0.4, -0.2) is 57.8 Å². The third-order valence-electron chi connectivity index (χ3n) is 5.14. The van der Waals surface area contributed by atoms with Gasteiger partial charge in [0.1, 0.15) is 12.6 Å². The minimum absolute atomic E-state index is 0.0134. The highest BCUT2D eigenvalue weighted by molar-refractivity contribution is 5.94. The Bertz CT molecular complexity index is 754. The molecule has 25 heavy (non-hydrogen) atoms. The summed E-state index contributed by atoms with van der Waals surface area (Å²) in [7, 11) is 0. The molecule has 0 unspecified atom stereocenters. The largest absolute Gasteiger partial charge is 0.472 e. The summed E-state index contributed by atoms with van der Waals surface area (Å²) in [6.45, 7) is 2.94. The van der Waals surface area contributed by atoms with E-state index in [2.05, 4.69) is 9.97 Å². The Hall–Kier alpha value is -2.70. The monoisotopic (exact) mass is 340 g/mol. The maximum Gasteiger partial charge on any atom is 0.257 e. The van der Waals surface area contributed by atoms with Gasteiger partial charge in [-0.2, -0.15) is 0 Å². The number of aromatic nitrogens is 2. The number of hydrogen-bond donors (Lipinski definition) is 0. The molecular weight excluding hydrogens is 320 g/mol. The van der Waals surface area contributed by atoms with Crippen molar-refractivity contribution in [3.05, 3.63) is 48.4 Å². The number of aryl methyl sites for hydroxylation is 1. The lowest BCUT2D eigenvalue weighted by Gasteiger charge is -2.48. The van der Waals surface area contributed by atoms with E-state index in [1.54, 1.807) is 18.5 Å². The molecule has 7 heteroatoms. The molecule has 0 saturated carbocycles. The zero-order valence-electron chi connectivity index (χ0n) is 13.9. The normalized spacial score (nSPS) is 18.4. The Morgan fingerprint density at radius 2 is 1.92 bits per heavy atom. The zero-order valence-corrected chi connectivity index (χ0v) is 13.9. The summed E-state index contributed by atoms with van der Waals surface area (Å²) < 4.78 is 4.99. The Morgan fingerprint density at radius 3 is 2.64 bits per heavy atom. The molecule has 0 atom stereocenters. The van der Waals surface area contributed by atoms with Crippen LogP contribution in [0.4, 0.5) is 0 Å². The van der Waals surface area contributed by atoms with Gasteiger partial charge in [0.05, 0.1) is 11.8 Å². The van der Waals surface area contributed by atoms with Crippen molar-refractivity contribution >= 4 is 11.8 Å². The van der Waals surface area contributed by atoms with Crippen molar-refractivity contribution in [2.45, 2.75) is 19.3 Å². The average molecular weight is 340 g/mol. The van der Waals surface area contributed by atoms with Gasteiger partial charge in [-0.15, -0.1) is 0 Å². The third kappa shape index (κ3) is 3.14. The summed E-state index contributed by atoms with van der Waals surface area (Å²) in [5, 5.41) is 0. The predicted molar refractivity (Wildman–Crippen MR) is 88.6 cm³/mol. The van der Waals surface area contributed by atoms with Crippen molar-refractivity contribution in [1.29, 1.82) is 0 Å². The molecule has 2 amide bonds. The van der Waals surface area contributed by atoms with Gasteiger partial charge in [-0.1, -0.05) is 0 Å². The van der Waals surface area contributed by atoms with Crippen LogP contribution in [0.2, 0.25) is 0 Å². The molecule has 4 heterocycles. The smallest absolute Gasteiger partial charge is 0.257 e. The zero-order chi connectivity index (χ0) is 17.3. The summed E-state index contributed by atoms with van der Waals surface area (Å²) in [6, 6.07) is 1.69. The topological polar surface area (TPSA) is 79.5 Å². The van der Waals surface area contributed by atoms with Crippen LogP contribution in [0.15, 0.2) is 41.7 Å². The summed E-state index contributed by atoms with van der Waals surface area (Å²) in [5.74, 6) is 0.175. The lowest BCUT2D eigenvalue weighted by molar-refractivity contribution is -0.142. The van der Waals surface area contributed by atoms with Gasteiger partial charge in [0.25, 0.3) is 5.91 Å². The number of carbonyl (C=O) groups excluding carboxylic acids is 2. The van der Waals surface area contributed by atoms with Crippen LogP contribution in [0.3, 0.4) is 0 Å². The second-order valence-corrected chi connectivity index (χ2v) is 6.99. The fourth-order valence-electron chi connectivity index (χ4n) is 3.74. The van der Waals surface area contributed by atoms with Crippen LogP contribution >= 0.6 is 0 Å². The van der Waals surface area contributed by atoms with Gasteiger partial charge in [-0.25, -0.2) is 9.97 Å². The first-order valence-electron chi connectivity index (χ1n) is 8.48.